The van der Waals surface area contributed by atoms with Gasteiger partial charge < -0.3 is 9.47 Å². The summed E-state index contributed by atoms with van der Waals surface area (Å²) in [6.45, 7) is 9.02. The van der Waals surface area contributed by atoms with Crippen molar-refractivity contribution in [3.63, 3.8) is 0 Å². The third-order valence-corrected chi connectivity index (χ3v) is 6.75. The standard InChI is InChI=1S/C21H30O4/c1-4-19(22)24-11-9-16(25-20(23)14(2)3)13-21-10-8-15(12-21)17-6-5-7-18(17)21/h4,15-18H,1-2,5-13H2,3H3. The first kappa shape index (κ1) is 18.2. The summed E-state index contributed by atoms with van der Waals surface area (Å²) in [6, 6.07) is 0. The molecule has 3 fully saturated rings. The normalized spacial score (nSPS) is 33.6. The van der Waals surface area contributed by atoms with Crippen molar-refractivity contribution < 1.29 is 19.1 Å². The fourth-order valence-corrected chi connectivity index (χ4v) is 5.81. The minimum Gasteiger partial charge on any atom is -0.462 e. The molecule has 0 aromatic heterocycles. The topological polar surface area (TPSA) is 52.6 Å². The van der Waals surface area contributed by atoms with E-state index in [4.69, 9.17) is 9.47 Å². The van der Waals surface area contributed by atoms with Crippen molar-refractivity contribution in [3.8, 4) is 0 Å². The zero-order chi connectivity index (χ0) is 18.0. The highest BCUT2D eigenvalue weighted by Crippen LogP contribution is 2.67. The molecule has 0 radical (unpaired) electrons. The predicted octanol–water partition coefficient (Wildman–Crippen LogP) is 4.20. The molecule has 25 heavy (non-hydrogen) atoms. The fraction of sp³-hybridized carbons (Fsp3) is 0.714. The Kier molecular flexibility index (Phi) is 5.35. The molecule has 3 saturated carbocycles. The number of carbonyl (C=O) groups is 2. The molecular formula is C21H30O4. The second kappa shape index (κ2) is 7.35. The number of rotatable bonds is 8. The van der Waals surface area contributed by atoms with E-state index < -0.39 is 5.97 Å². The molecule has 5 atom stereocenters. The summed E-state index contributed by atoms with van der Waals surface area (Å²) in [7, 11) is 0. The van der Waals surface area contributed by atoms with E-state index in [0.29, 0.717) is 17.4 Å². The number of esters is 2. The highest BCUT2D eigenvalue weighted by atomic mass is 16.6. The number of fused-ring (bicyclic) bond motifs is 5. The maximum Gasteiger partial charge on any atom is 0.333 e. The van der Waals surface area contributed by atoms with Crippen LogP contribution in [0.15, 0.2) is 24.8 Å². The summed E-state index contributed by atoms with van der Waals surface area (Å²) in [5.74, 6) is 1.80. The number of hydrogen-bond acceptors (Lipinski definition) is 4. The molecule has 0 spiro atoms. The van der Waals surface area contributed by atoms with Crippen molar-refractivity contribution in [2.24, 2.45) is 23.2 Å². The maximum absolute atomic E-state index is 12.1. The predicted molar refractivity (Wildman–Crippen MR) is 95.7 cm³/mol. The molecule has 2 bridgehead atoms. The van der Waals surface area contributed by atoms with Crippen molar-refractivity contribution in [1.82, 2.24) is 0 Å². The minimum atomic E-state index is -0.430. The Morgan fingerprint density at radius 3 is 2.84 bits per heavy atom. The molecule has 138 valence electrons. The lowest BCUT2D eigenvalue weighted by Gasteiger charge is -2.38. The van der Waals surface area contributed by atoms with Crippen LogP contribution in [-0.2, 0) is 19.1 Å². The molecular weight excluding hydrogens is 316 g/mol. The van der Waals surface area contributed by atoms with E-state index in [1.807, 2.05) is 0 Å². The Balaban J connectivity index is 1.66. The van der Waals surface area contributed by atoms with Crippen LogP contribution in [0.3, 0.4) is 0 Å². The van der Waals surface area contributed by atoms with Crippen molar-refractivity contribution in [3.05, 3.63) is 24.8 Å². The van der Waals surface area contributed by atoms with E-state index in [1.165, 1.54) is 38.5 Å². The summed E-state index contributed by atoms with van der Waals surface area (Å²) < 4.78 is 10.8. The van der Waals surface area contributed by atoms with Crippen LogP contribution in [0, 0.1) is 23.2 Å². The summed E-state index contributed by atoms with van der Waals surface area (Å²) in [5.41, 5.74) is 0.744. The van der Waals surface area contributed by atoms with E-state index in [1.54, 1.807) is 6.92 Å². The van der Waals surface area contributed by atoms with Gasteiger partial charge in [0.05, 0.1) is 6.61 Å². The second-order valence-electron chi connectivity index (χ2n) is 8.24. The van der Waals surface area contributed by atoms with E-state index in [2.05, 4.69) is 13.2 Å². The number of ether oxygens (including phenoxy) is 2. The van der Waals surface area contributed by atoms with E-state index in [0.717, 1.165) is 30.3 Å². The first-order chi connectivity index (χ1) is 11.9. The fourth-order valence-electron chi connectivity index (χ4n) is 5.81. The molecule has 0 saturated heterocycles. The zero-order valence-corrected chi connectivity index (χ0v) is 15.3. The average molecular weight is 346 g/mol. The molecule has 3 rings (SSSR count). The van der Waals surface area contributed by atoms with E-state index in [-0.39, 0.29) is 18.7 Å². The van der Waals surface area contributed by atoms with Gasteiger partial charge in [-0.1, -0.05) is 19.6 Å². The van der Waals surface area contributed by atoms with Gasteiger partial charge in [0.2, 0.25) is 0 Å². The van der Waals surface area contributed by atoms with Gasteiger partial charge in [-0.2, -0.15) is 0 Å². The summed E-state index contributed by atoms with van der Waals surface area (Å²) in [5, 5.41) is 0. The summed E-state index contributed by atoms with van der Waals surface area (Å²) in [6.07, 6.45) is 10.3. The van der Waals surface area contributed by atoms with Gasteiger partial charge in [0, 0.05) is 18.1 Å². The number of hydrogen-bond donors (Lipinski definition) is 0. The van der Waals surface area contributed by atoms with Gasteiger partial charge in [0.15, 0.2) is 0 Å². The van der Waals surface area contributed by atoms with Crippen LogP contribution in [0.1, 0.15) is 58.3 Å². The third kappa shape index (κ3) is 3.68. The highest BCUT2D eigenvalue weighted by Gasteiger charge is 2.59. The summed E-state index contributed by atoms with van der Waals surface area (Å²) in [4.78, 5) is 23.3. The average Bonchev–Trinajstić information content (AvgIpc) is 3.27. The van der Waals surface area contributed by atoms with Crippen molar-refractivity contribution in [2.75, 3.05) is 6.61 Å². The summed E-state index contributed by atoms with van der Waals surface area (Å²) >= 11 is 0. The van der Waals surface area contributed by atoms with Crippen LogP contribution in [0.2, 0.25) is 0 Å². The minimum absolute atomic E-state index is 0.208. The van der Waals surface area contributed by atoms with Crippen molar-refractivity contribution in [1.29, 1.82) is 0 Å². The van der Waals surface area contributed by atoms with Gasteiger partial charge in [-0.05, 0) is 68.6 Å². The van der Waals surface area contributed by atoms with Crippen LogP contribution in [-0.4, -0.2) is 24.6 Å². The molecule has 0 aromatic carbocycles. The molecule has 3 aliphatic rings. The van der Waals surface area contributed by atoms with Crippen LogP contribution in [0.25, 0.3) is 0 Å². The first-order valence-electron chi connectivity index (χ1n) is 9.61. The van der Waals surface area contributed by atoms with Gasteiger partial charge in [0.1, 0.15) is 6.10 Å². The molecule has 0 aliphatic heterocycles. The molecule has 0 heterocycles. The Hall–Kier alpha value is -1.58. The molecule has 5 unspecified atom stereocenters. The molecule has 0 aromatic rings. The van der Waals surface area contributed by atoms with Crippen LogP contribution in [0.5, 0.6) is 0 Å². The molecule has 3 aliphatic carbocycles. The van der Waals surface area contributed by atoms with E-state index in [9.17, 15) is 9.59 Å². The second-order valence-corrected chi connectivity index (χ2v) is 8.24. The maximum atomic E-state index is 12.1. The van der Waals surface area contributed by atoms with Crippen LogP contribution < -0.4 is 0 Å². The van der Waals surface area contributed by atoms with Gasteiger partial charge in [-0.15, -0.1) is 0 Å². The monoisotopic (exact) mass is 346 g/mol. The Labute approximate surface area is 150 Å². The molecule has 0 amide bonds. The largest absolute Gasteiger partial charge is 0.462 e. The van der Waals surface area contributed by atoms with E-state index >= 15 is 0 Å². The van der Waals surface area contributed by atoms with Gasteiger partial charge >= 0.3 is 11.9 Å². The Morgan fingerprint density at radius 1 is 1.32 bits per heavy atom. The third-order valence-electron chi connectivity index (χ3n) is 6.75. The smallest absolute Gasteiger partial charge is 0.333 e. The lowest BCUT2D eigenvalue weighted by molar-refractivity contribution is -0.148. The zero-order valence-electron chi connectivity index (χ0n) is 15.3. The molecule has 4 heteroatoms. The van der Waals surface area contributed by atoms with Crippen LogP contribution >= 0.6 is 0 Å². The SMILES string of the molecule is C=CC(=O)OCCC(CC12CCC(C1)C1CCCC12)OC(=O)C(=C)C. The molecule has 0 N–H and O–H groups in total. The quantitative estimate of drug-likeness (QED) is 0.488. The van der Waals surface area contributed by atoms with Gasteiger partial charge in [-0.25, -0.2) is 9.59 Å². The van der Waals surface area contributed by atoms with Crippen molar-refractivity contribution >= 4 is 11.9 Å². The molecule has 4 nitrogen and oxygen atoms in total. The lowest BCUT2D eigenvalue weighted by Crippen LogP contribution is -2.34. The van der Waals surface area contributed by atoms with Crippen molar-refractivity contribution in [2.45, 2.75) is 64.4 Å². The highest BCUT2D eigenvalue weighted by molar-refractivity contribution is 5.87. The lowest BCUT2D eigenvalue weighted by atomic mass is 9.68. The van der Waals surface area contributed by atoms with Crippen LogP contribution in [0.4, 0.5) is 0 Å². The van der Waals surface area contributed by atoms with Gasteiger partial charge in [-0.3, -0.25) is 0 Å². The van der Waals surface area contributed by atoms with Gasteiger partial charge in [0.25, 0.3) is 0 Å². The Bertz CT molecular complexity index is 566. The number of carbonyl (C=O) groups excluding carboxylic acids is 2. The first-order valence-corrected chi connectivity index (χ1v) is 9.61. The Morgan fingerprint density at radius 2 is 2.12 bits per heavy atom.